The van der Waals surface area contributed by atoms with Crippen LogP contribution in [0.3, 0.4) is 0 Å². The molecule has 0 spiro atoms. The average Bonchev–Trinajstić information content (AvgIpc) is 3.70. The first-order chi connectivity index (χ1) is 28.9. The maximum Gasteiger partial charge on any atom is 0.333 e. The van der Waals surface area contributed by atoms with Crippen molar-refractivity contribution in [2.24, 2.45) is 0 Å². The fraction of sp³-hybridized carbons (Fsp3) is 0.263. The van der Waals surface area contributed by atoms with Gasteiger partial charge in [-0.25, -0.2) is 0 Å². The lowest BCUT2D eigenvalue weighted by atomic mass is 9.42. The third-order valence-electron chi connectivity index (χ3n) is 14.1. The van der Waals surface area contributed by atoms with Gasteiger partial charge in [0.1, 0.15) is 0 Å². The number of nitrogens with zero attached hydrogens (tertiary/aromatic N) is 2. The van der Waals surface area contributed by atoms with Gasteiger partial charge in [-0.15, -0.1) is 11.3 Å². The molecule has 8 aromatic rings. The SMILES string of the molecule is CC(C)(C)c1ccc(N2B3c4cc(C(C)(C)C)ccc4N(c4ccc(C(C)(C)C)cc4)c4c3c(cc3c4C(C)(C)c4ccccc4-3)-c3cc4c(cc32)sc2ccccc24)cc1. The van der Waals surface area contributed by atoms with Crippen LogP contribution in [0, 0.1) is 0 Å². The van der Waals surface area contributed by atoms with E-state index in [9.17, 15) is 0 Å². The Hall–Kier alpha value is -5.58. The van der Waals surface area contributed by atoms with Crippen LogP contribution in [0.25, 0.3) is 42.4 Å². The Labute approximate surface area is 367 Å². The highest BCUT2D eigenvalue weighted by atomic mass is 32.1. The van der Waals surface area contributed by atoms with Crippen LogP contribution < -0.4 is 20.6 Å². The molecule has 1 aliphatic carbocycles. The minimum Gasteiger partial charge on any atom is -0.376 e. The Morgan fingerprint density at radius 2 is 1.10 bits per heavy atom. The number of hydrogen-bond donors (Lipinski definition) is 0. The van der Waals surface area contributed by atoms with Crippen molar-refractivity contribution in [1.29, 1.82) is 0 Å². The van der Waals surface area contributed by atoms with Crippen molar-refractivity contribution in [3.63, 3.8) is 0 Å². The molecule has 0 bridgehead atoms. The molecule has 3 heterocycles. The van der Waals surface area contributed by atoms with Gasteiger partial charge in [-0.2, -0.15) is 0 Å². The standard InChI is InChI=1S/C57H55BN2S/c1-54(2,3)34-20-25-37(26-21-34)59-47-29-24-36(56(7,8)9)30-46(47)58-52-44(32-43-39-16-12-14-18-45(39)57(10,11)51(43)53(52)59)41-31-42-40-17-13-15-19-49(40)61-50(42)33-48(41)60(58)38-27-22-35(23-28-38)55(4,5)6/h12-33H,1-11H3. The molecule has 2 aliphatic heterocycles. The lowest BCUT2D eigenvalue weighted by molar-refractivity contribution is 0.590. The Morgan fingerprint density at radius 3 is 1.77 bits per heavy atom. The summed E-state index contributed by atoms with van der Waals surface area (Å²) in [5.41, 5.74) is 21.0. The Kier molecular flexibility index (Phi) is 8.01. The van der Waals surface area contributed by atoms with Crippen LogP contribution in [0.15, 0.2) is 133 Å². The molecular weight excluding hydrogens is 756 g/mol. The summed E-state index contributed by atoms with van der Waals surface area (Å²) in [5.74, 6) is 0. The zero-order valence-electron chi connectivity index (χ0n) is 37.6. The molecule has 0 saturated heterocycles. The predicted molar refractivity (Wildman–Crippen MR) is 267 cm³/mol. The van der Waals surface area contributed by atoms with Gasteiger partial charge in [0, 0.05) is 59.6 Å². The number of hydrogen-bond acceptors (Lipinski definition) is 3. The van der Waals surface area contributed by atoms with Gasteiger partial charge in [0.15, 0.2) is 0 Å². The number of anilines is 5. The predicted octanol–water partition coefficient (Wildman–Crippen LogP) is 15.0. The highest BCUT2D eigenvalue weighted by Gasteiger charge is 2.50. The third kappa shape index (κ3) is 5.60. The lowest BCUT2D eigenvalue weighted by Gasteiger charge is -2.48. The van der Waals surface area contributed by atoms with Crippen molar-refractivity contribution in [2.75, 3.05) is 9.71 Å². The van der Waals surface area contributed by atoms with E-state index >= 15 is 0 Å². The lowest BCUT2D eigenvalue weighted by Crippen LogP contribution is -2.62. The number of rotatable bonds is 2. The quantitative estimate of drug-likeness (QED) is 0.161. The molecule has 7 aromatic carbocycles. The molecule has 302 valence electrons. The fourth-order valence-corrected chi connectivity index (χ4v) is 11.9. The molecule has 1 aromatic heterocycles. The minimum absolute atomic E-state index is 0.0338. The van der Waals surface area contributed by atoms with Gasteiger partial charge in [-0.05, 0) is 126 Å². The Morgan fingerprint density at radius 1 is 0.492 bits per heavy atom. The van der Waals surface area contributed by atoms with Crippen LogP contribution in [0.1, 0.15) is 104 Å². The molecule has 0 amide bonds. The van der Waals surface area contributed by atoms with E-state index in [0.717, 1.165) is 0 Å². The van der Waals surface area contributed by atoms with E-state index in [4.69, 9.17) is 0 Å². The van der Waals surface area contributed by atoms with Gasteiger partial charge in [0.25, 0.3) is 0 Å². The number of thiophene rings is 1. The van der Waals surface area contributed by atoms with Crippen molar-refractivity contribution < 1.29 is 0 Å². The molecule has 0 saturated carbocycles. The summed E-state index contributed by atoms with van der Waals surface area (Å²) >= 11 is 1.91. The molecule has 3 aliphatic rings. The summed E-state index contributed by atoms with van der Waals surface area (Å²) in [4.78, 5) is 5.37. The van der Waals surface area contributed by atoms with Crippen molar-refractivity contribution >= 4 is 77.7 Å². The minimum atomic E-state index is -0.236. The van der Waals surface area contributed by atoms with Crippen LogP contribution in [0.4, 0.5) is 28.4 Å². The van der Waals surface area contributed by atoms with Crippen LogP contribution in [-0.2, 0) is 21.7 Å². The number of benzene rings is 7. The second kappa shape index (κ2) is 12.7. The van der Waals surface area contributed by atoms with Gasteiger partial charge in [0.2, 0.25) is 0 Å². The van der Waals surface area contributed by atoms with Crippen molar-refractivity contribution in [3.8, 4) is 22.3 Å². The first kappa shape index (κ1) is 38.4. The monoisotopic (exact) mass is 810 g/mol. The van der Waals surface area contributed by atoms with E-state index in [1.54, 1.807) is 0 Å². The molecule has 0 fully saturated rings. The summed E-state index contributed by atoms with van der Waals surface area (Å²) in [7, 11) is 0. The van der Waals surface area contributed by atoms with Gasteiger partial charge < -0.3 is 9.71 Å². The summed E-state index contributed by atoms with van der Waals surface area (Å²) in [5, 5.41) is 2.66. The van der Waals surface area contributed by atoms with Crippen molar-refractivity contribution in [1.82, 2.24) is 0 Å². The molecule has 2 nitrogen and oxygen atoms in total. The molecule has 0 radical (unpaired) electrons. The summed E-state index contributed by atoms with van der Waals surface area (Å²) in [6, 6.07) is 52.1. The van der Waals surface area contributed by atoms with Gasteiger partial charge in [0.05, 0.1) is 0 Å². The van der Waals surface area contributed by atoms with Crippen LogP contribution >= 0.6 is 11.3 Å². The van der Waals surface area contributed by atoms with E-state index in [2.05, 4.69) is 219 Å². The summed E-state index contributed by atoms with van der Waals surface area (Å²) in [6.07, 6.45) is 0. The van der Waals surface area contributed by atoms with E-state index in [1.807, 2.05) is 11.3 Å². The van der Waals surface area contributed by atoms with Crippen LogP contribution in [0.5, 0.6) is 0 Å². The van der Waals surface area contributed by atoms with E-state index < -0.39 is 0 Å². The normalized spacial score (nSPS) is 15.2. The largest absolute Gasteiger partial charge is 0.376 e. The molecule has 0 unspecified atom stereocenters. The second-order valence-electron chi connectivity index (χ2n) is 21.5. The van der Waals surface area contributed by atoms with Gasteiger partial charge in [-0.1, -0.05) is 155 Å². The van der Waals surface area contributed by atoms with Crippen LogP contribution in [0.2, 0.25) is 0 Å². The Bertz CT molecular complexity index is 3110. The van der Waals surface area contributed by atoms with Gasteiger partial charge >= 0.3 is 6.85 Å². The molecule has 4 heteroatoms. The topological polar surface area (TPSA) is 6.48 Å². The van der Waals surface area contributed by atoms with E-state index in [1.165, 1.54) is 110 Å². The van der Waals surface area contributed by atoms with Gasteiger partial charge in [-0.3, -0.25) is 0 Å². The first-order valence-electron chi connectivity index (χ1n) is 22.1. The smallest absolute Gasteiger partial charge is 0.333 e. The number of fused-ring (bicyclic) bond motifs is 11. The third-order valence-corrected chi connectivity index (χ3v) is 15.2. The maximum absolute atomic E-state index is 2.71. The van der Waals surface area contributed by atoms with E-state index in [-0.39, 0.29) is 28.5 Å². The summed E-state index contributed by atoms with van der Waals surface area (Å²) < 4.78 is 2.66. The molecule has 0 N–H and O–H groups in total. The van der Waals surface area contributed by atoms with Crippen molar-refractivity contribution in [3.05, 3.63) is 161 Å². The van der Waals surface area contributed by atoms with Crippen LogP contribution in [-0.4, -0.2) is 6.85 Å². The second-order valence-corrected chi connectivity index (χ2v) is 22.6. The molecule has 0 atom stereocenters. The van der Waals surface area contributed by atoms with E-state index in [0.29, 0.717) is 0 Å². The first-order valence-corrected chi connectivity index (χ1v) is 22.9. The zero-order valence-corrected chi connectivity index (χ0v) is 38.4. The molecular formula is C57H55BN2S. The van der Waals surface area contributed by atoms with Crippen molar-refractivity contribution in [2.45, 2.75) is 97.8 Å². The summed E-state index contributed by atoms with van der Waals surface area (Å²) in [6.45, 7) is 25.8. The highest BCUT2D eigenvalue weighted by Crippen LogP contribution is 2.58. The highest BCUT2D eigenvalue weighted by molar-refractivity contribution is 7.25. The average molecular weight is 811 g/mol. The maximum atomic E-state index is 2.71. The zero-order chi connectivity index (χ0) is 42.5. The molecule has 11 rings (SSSR count). The fourth-order valence-electron chi connectivity index (χ4n) is 10.8. The Balaban J connectivity index is 1.32. The molecule has 61 heavy (non-hydrogen) atoms.